The molecule has 1 aliphatic rings. The van der Waals surface area contributed by atoms with Crippen molar-refractivity contribution in [1.82, 2.24) is 15.1 Å². The highest BCUT2D eigenvalue weighted by Crippen LogP contribution is 2.21. The molecule has 0 aliphatic carbocycles. The Kier molecular flexibility index (Phi) is 6.45. The summed E-state index contributed by atoms with van der Waals surface area (Å²) in [5.41, 5.74) is -1.19. The van der Waals surface area contributed by atoms with Gasteiger partial charge in [0.2, 0.25) is 0 Å². The molecule has 1 saturated heterocycles. The zero-order valence-corrected chi connectivity index (χ0v) is 13.7. The van der Waals surface area contributed by atoms with Gasteiger partial charge < -0.3 is 20.2 Å². The molecule has 0 aromatic heterocycles. The Morgan fingerprint density at radius 3 is 2.24 bits per heavy atom. The van der Waals surface area contributed by atoms with Crippen LogP contribution in [0.5, 0.6) is 0 Å². The van der Waals surface area contributed by atoms with Crippen molar-refractivity contribution < 1.29 is 14.7 Å². The van der Waals surface area contributed by atoms with Crippen molar-refractivity contribution in [2.75, 3.05) is 26.2 Å². The Morgan fingerprint density at radius 1 is 1.24 bits per heavy atom. The van der Waals surface area contributed by atoms with Gasteiger partial charge in [0.25, 0.3) is 0 Å². The number of carboxylic acids is 1. The van der Waals surface area contributed by atoms with E-state index in [4.69, 9.17) is 0 Å². The number of nitrogens with zero attached hydrogens (tertiary/aromatic N) is 2. The molecule has 1 heterocycles. The average molecular weight is 299 g/mol. The first-order chi connectivity index (χ1) is 9.86. The summed E-state index contributed by atoms with van der Waals surface area (Å²) in [6.07, 6.45) is 2.73. The van der Waals surface area contributed by atoms with E-state index >= 15 is 0 Å². The molecule has 0 saturated carbocycles. The molecule has 1 aliphatic heterocycles. The number of rotatable bonds is 6. The summed E-state index contributed by atoms with van der Waals surface area (Å²) in [6.45, 7) is 9.93. The molecule has 0 unspecified atom stereocenters. The van der Waals surface area contributed by atoms with Crippen LogP contribution in [0.4, 0.5) is 4.79 Å². The Balaban J connectivity index is 2.94. The maximum absolute atomic E-state index is 12.9. The number of carboxylic acid groups (broad SMARTS) is 1. The zero-order chi connectivity index (χ0) is 16.0. The first kappa shape index (κ1) is 17.8. The lowest BCUT2D eigenvalue weighted by atomic mass is 10.0. The maximum Gasteiger partial charge on any atom is 0.329 e. The van der Waals surface area contributed by atoms with Crippen molar-refractivity contribution in [2.24, 2.45) is 0 Å². The average Bonchev–Trinajstić information content (AvgIpc) is 2.45. The van der Waals surface area contributed by atoms with Crippen LogP contribution in [-0.4, -0.2) is 64.7 Å². The minimum Gasteiger partial charge on any atom is -0.480 e. The highest BCUT2D eigenvalue weighted by molar-refractivity contribution is 5.85. The largest absolute Gasteiger partial charge is 0.480 e. The summed E-state index contributed by atoms with van der Waals surface area (Å²) in [5, 5.41) is 12.7. The second-order valence-electron chi connectivity index (χ2n) is 6.07. The molecule has 21 heavy (non-hydrogen) atoms. The fourth-order valence-corrected chi connectivity index (χ4v) is 2.83. The van der Waals surface area contributed by atoms with Gasteiger partial charge in [-0.1, -0.05) is 6.92 Å². The predicted octanol–water partition coefficient (Wildman–Crippen LogP) is 1.76. The molecule has 0 atom stereocenters. The topological polar surface area (TPSA) is 72.9 Å². The molecule has 0 spiro atoms. The lowest BCUT2D eigenvalue weighted by Gasteiger charge is -2.42. The van der Waals surface area contributed by atoms with Gasteiger partial charge in [-0.25, -0.2) is 9.59 Å². The molecule has 2 N–H and O–H groups in total. The standard InChI is InChI=1S/C15H29N3O3/c1-5-11-17(12-7-9-16-10-8-12)14(21)18(6-2)15(3,4)13(19)20/h12,16H,5-11H2,1-4H3,(H,19,20). The van der Waals surface area contributed by atoms with Crippen molar-refractivity contribution in [3.8, 4) is 0 Å². The van der Waals surface area contributed by atoms with Gasteiger partial charge in [0.05, 0.1) is 0 Å². The number of urea groups is 1. The number of hydrogen-bond donors (Lipinski definition) is 2. The van der Waals surface area contributed by atoms with Crippen molar-refractivity contribution in [3.05, 3.63) is 0 Å². The van der Waals surface area contributed by atoms with E-state index in [9.17, 15) is 14.7 Å². The SMILES string of the molecule is CCCN(C(=O)N(CC)C(C)(C)C(=O)O)C1CCNCC1. The quantitative estimate of drug-likeness (QED) is 0.784. The second-order valence-corrected chi connectivity index (χ2v) is 6.07. The minimum atomic E-state index is -1.19. The van der Waals surface area contributed by atoms with Crippen LogP contribution in [0.3, 0.4) is 0 Å². The van der Waals surface area contributed by atoms with Gasteiger partial charge in [-0.2, -0.15) is 0 Å². The Bertz CT molecular complexity index is 365. The van der Waals surface area contributed by atoms with Crippen molar-refractivity contribution >= 4 is 12.0 Å². The molecule has 0 aromatic rings. The van der Waals surface area contributed by atoms with Crippen LogP contribution < -0.4 is 5.32 Å². The molecule has 1 fully saturated rings. The van der Waals surface area contributed by atoms with E-state index < -0.39 is 11.5 Å². The van der Waals surface area contributed by atoms with Crippen LogP contribution in [0.15, 0.2) is 0 Å². The number of likely N-dealkylation sites (N-methyl/N-ethyl adjacent to an activating group) is 1. The fourth-order valence-electron chi connectivity index (χ4n) is 2.83. The number of carbonyl (C=O) groups is 2. The molecule has 0 radical (unpaired) electrons. The van der Waals surface area contributed by atoms with E-state index in [2.05, 4.69) is 5.32 Å². The highest BCUT2D eigenvalue weighted by Gasteiger charge is 2.40. The van der Waals surface area contributed by atoms with Gasteiger partial charge in [0.1, 0.15) is 5.54 Å². The third-order valence-corrected chi connectivity index (χ3v) is 4.20. The molecule has 122 valence electrons. The summed E-state index contributed by atoms with van der Waals surface area (Å²) in [7, 11) is 0. The van der Waals surface area contributed by atoms with Gasteiger partial charge in [-0.05, 0) is 53.1 Å². The van der Waals surface area contributed by atoms with Gasteiger partial charge in [-0.15, -0.1) is 0 Å². The Labute approximate surface area is 127 Å². The Hall–Kier alpha value is -1.30. The number of hydrogen-bond acceptors (Lipinski definition) is 3. The number of nitrogens with one attached hydrogen (secondary N) is 1. The molecule has 6 heteroatoms. The maximum atomic E-state index is 12.9. The monoisotopic (exact) mass is 299 g/mol. The summed E-state index contributed by atoms with van der Waals surface area (Å²) >= 11 is 0. The summed E-state index contributed by atoms with van der Waals surface area (Å²) < 4.78 is 0. The van der Waals surface area contributed by atoms with Crippen molar-refractivity contribution in [3.63, 3.8) is 0 Å². The van der Waals surface area contributed by atoms with E-state index in [-0.39, 0.29) is 12.1 Å². The van der Waals surface area contributed by atoms with Crippen LogP contribution in [0.1, 0.15) is 47.0 Å². The zero-order valence-electron chi connectivity index (χ0n) is 13.7. The third kappa shape index (κ3) is 4.09. The molecule has 0 bridgehead atoms. The van der Waals surface area contributed by atoms with Crippen LogP contribution in [0.25, 0.3) is 0 Å². The highest BCUT2D eigenvalue weighted by atomic mass is 16.4. The molecule has 2 amide bonds. The first-order valence-electron chi connectivity index (χ1n) is 7.88. The van der Waals surface area contributed by atoms with E-state index in [0.29, 0.717) is 13.1 Å². The molecule has 0 aromatic carbocycles. The molecular formula is C15H29N3O3. The fraction of sp³-hybridized carbons (Fsp3) is 0.867. The number of aliphatic carboxylic acids is 1. The predicted molar refractivity (Wildman–Crippen MR) is 82.4 cm³/mol. The van der Waals surface area contributed by atoms with Crippen molar-refractivity contribution in [1.29, 1.82) is 0 Å². The number of amides is 2. The summed E-state index contributed by atoms with van der Waals surface area (Å²) in [5.74, 6) is -0.973. The first-order valence-corrected chi connectivity index (χ1v) is 7.88. The number of carbonyl (C=O) groups excluding carboxylic acids is 1. The minimum absolute atomic E-state index is 0.154. The van der Waals surface area contributed by atoms with Gasteiger partial charge in [-0.3, -0.25) is 0 Å². The van der Waals surface area contributed by atoms with E-state index in [0.717, 1.165) is 32.4 Å². The summed E-state index contributed by atoms with van der Waals surface area (Å²) in [4.78, 5) is 27.7. The Morgan fingerprint density at radius 2 is 1.81 bits per heavy atom. The van der Waals surface area contributed by atoms with Gasteiger partial charge in [0, 0.05) is 19.1 Å². The van der Waals surface area contributed by atoms with E-state index in [1.807, 2.05) is 18.7 Å². The van der Waals surface area contributed by atoms with Crippen LogP contribution in [-0.2, 0) is 4.79 Å². The molecular weight excluding hydrogens is 270 g/mol. The summed E-state index contributed by atoms with van der Waals surface area (Å²) in [6, 6.07) is 0.0518. The van der Waals surface area contributed by atoms with Gasteiger partial charge >= 0.3 is 12.0 Å². The van der Waals surface area contributed by atoms with Crippen LogP contribution >= 0.6 is 0 Å². The molecule has 1 rings (SSSR count). The van der Waals surface area contributed by atoms with E-state index in [1.54, 1.807) is 13.8 Å². The lowest BCUT2D eigenvalue weighted by Crippen LogP contribution is -2.59. The van der Waals surface area contributed by atoms with E-state index in [1.165, 1.54) is 4.90 Å². The lowest BCUT2D eigenvalue weighted by molar-refractivity contribution is -0.147. The second kappa shape index (κ2) is 7.64. The van der Waals surface area contributed by atoms with Crippen LogP contribution in [0.2, 0.25) is 0 Å². The number of piperidine rings is 1. The molecule has 6 nitrogen and oxygen atoms in total. The smallest absolute Gasteiger partial charge is 0.329 e. The normalized spacial score (nSPS) is 16.6. The van der Waals surface area contributed by atoms with Crippen LogP contribution in [0, 0.1) is 0 Å². The third-order valence-electron chi connectivity index (χ3n) is 4.20. The van der Waals surface area contributed by atoms with Gasteiger partial charge in [0.15, 0.2) is 0 Å². The van der Waals surface area contributed by atoms with Crippen molar-refractivity contribution in [2.45, 2.75) is 58.5 Å².